The fourth-order valence-electron chi connectivity index (χ4n) is 7.65. The van der Waals surface area contributed by atoms with Gasteiger partial charge in [0.2, 0.25) is 0 Å². The average molecular weight is 479 g/mol. The van der Waals surface area contributed by atoms with Gasteiger partial charge in [-0.25, -0.2) is 4.79 Å². The van der Waals surface area contributed by atoms with E-state index < -0.39 is 41.1 Å². The number of carbonyl (C=O) groups is 3. The summed E-state index contributed by atoms with van der Waals surface area (Å²) in [4.78, 5) is 39.9. The lowest BCUT2D eigenvalue weighted by atomic mass is 9.59. The zero-order valence-electron chi connectivity index (χ0n) is 21.2. The van der Waals surface area contributed by atoms with Gasteiger partial charge in [0.25, 0.3) is 0 Å². The number of esters is 2. The van der Waals surface area contributed by atoms with Crippen LogP contribution in [-0.2, 0) is 19.1 Å². The van der Waals surface area contributed by atoms with Gasteiger partial charge >= 0.3 is 11.9 Å². The molecule has 0 radical (unpaired) electrons. The molecule has 6 nitrogen and oxygen atoms in total. The highest BCUT2D eigenvalue weighted by Gasteiger charge is 2.77. The van der Waals surface area contributed by atoms with Crippen LogP contribution in [0.25, 0.3) is 0 Å². The van der Waals surface area contributed by atoms with E-state index in [0.29, 0.717) is 22.6 Å². The summed E-state index contributed by atoms with van der Waals surface area (Å²) >= 11 is 0. The van der Waals surface area contributed by atoms with Crippen LogP contribution in [0.3, 0.4) is 0 Å². The molecular weight excluding hydrogens is 444 g/mol. The van der Waals surface area contributed by atoms with Crippen molar-refractivity contribution in [2.24, 2.45) is 34.5 Å². The first-order chi connectivity index (χ1) is 16.4. The van der Waals surface area contributed by atoms with E-state index in [9.17, 15) is 19.5 Å². The van der Waals surface area contributed by atoms with Crippen molar-refractivity contribution in [2.45, 2.75) is 65.8 Å². The maximum Gasteiger partial charge on any atom is 0.338 e. The Balaban J connectivity index is 1.71. The highest BCUT2D eigenvalue weighted by molar-refractivity contribution is 5.96. The first-order valence-corrected chi connectivity index (χ1v) is 12.4. The average Bonchev–Trinajstić information content (AvgIpc) is 3.29. The number of ketones is 1. The van der Waals surface area contributed by atoms with E-state index >= 15 is 0 Å². The topological polar surface area (TPSA) is 89.9 Å². The predicted molar refractivity (Wildman–Crippen MR) is 129 cm³/mol. The molecule has 0 aliphatic heterocycles. The molecular formula is C29H34O6. The monoisotopic (exact) mass is 478 g/mol. The molecule has 2 bridgehead atoms. The van der Waals surface area contributed by atoms with E-state index in [1.165, 1.54) is 6.92 Å². The Labute approximate surface area is 206 Å². The number of benzene rings is 1. The molecule has 0 unspecified atom stereocenters. The molecule has 6 heteroatoms. The molecule has 2 fully saturated rings. The lowest BCUT2D eigenvalue weighted by Crippen LogP contribution is -2.66. The van der Waals surface area contributed by atoms with Crippen LogP contribution in [0.4, 0.5) is 0 Å². The maximum atomic E-state index is 14.5. The van der Waals surface area contributed by atoms with Crippen LogP contribution in [-0.4, -0.2) is 40.6 Å². The highest BCUT2D eigenvalue weighted by atomic mass is 16.6. The van der Waals surface area contributed by atoms with Crippen LogP contribution in [0, 0.1) is 34.5 Å². The fourth-order valence-corrected chi connectivity index (χ4v) is 7.65. The second kappa shape index (κ2) is 7.63. The molecule has 1 aromatic carbocycles. The van der Waals surface area contributed by atoms with Gasteiger partial charge < -0.3 is 14.6 Å². The molecule has 1 spiro atoms. The van der Waals surface area contributed by atoms with Gasteiger partial charge in [0.1, 0.15) is 0 Å². The molecule has 35 heavy (non-hydrogen) atoms. The van der Waals surface area contributed by atoms with Crippen molar-refractivity contribution in [1.29, 1.82) is 0 Å². The number of aliphatic hydroxyl groups is 1. The Morgan fingerprint density at radius 1 is 1.03 bits per heavy atom. The van der Waals surface area contributed by atoms with E-state index in [1.54, 1.807) is 44.2 Å². The van der Waals surface area contributed by atoms with Crippen molar-refractivity contribution in [1.82, 2.24) is 0 Å². The Hall–Kier alpha value is -2.73. The molecule has 1 N–H and O–H groups in total. The van der Waals surface area contributed by atoms with Crippen LogP contribution >= 0.6 is 0 Å². The second-order valence-corrected chi connectivity index (χ2v) is 11.6. The van der Waals surface area contributed by atoms with Crippen molar-refractivity contribution in [2.75, 3.05) is 0 Å². The third kappa shape index (κ3) is 3.08. The van der Waals surface area contributed by atoms with Crippen LogP contribution in [0.15, 0.2) is 53.6 Å². The standard InChI is InChI=1S/C29H34O6/c1-15-12-20-22-21(27(22,5)6)13-17(3)28(23(20)31)14-16(2)25(34-18(4)30)29(28,33)24(15)35-26(32)19-10-8-7-9-11-19/h7-12,14,17,20-22,24-25,33H,13H2,1-6H3/t17-,20+,21-,22+,24-,25+,28+,29+/m1/s1. The Kier molecular flexibility index (Phi) is 5.23. The molecule has 4 aliphatic carbocycles. The van der Waals surface area contributed by atoms with Crippen molar-refractivity contribution in [3.63, 3.8) is 0 Å². The minimum atomic E-state index is -1.96. The van der Waals surface area contributed by atoms with Crippen molar-refractivity contribution < 1.29 is 29.0 Å². The number of hydrogen-bond donors (Lipinski definition) is 1. The summed E-state index contributed by atoms with van der Waals surface area (Å²) < 4.78 is 11.7. The quantitative estimate of drug-likeness (QED) is 0.515. The van der Waals surface area contributed by atoms with Crippen molar-refractivity contribution >= 4 is 17.7 Å². The van der Waals surface area contributed by atoms with Crippen LogP contribution in [0.5, 0.6) is 0 Å². The van der Waals surface area contributed by atoms with Gasteiger partial charge in [0, 0.05) is 12.8 Å². The van der Waals surface area contributed by atoms with Gasteiger partial charge in [-0.15, -0.1) is 0 Å². The van der Waals surface area contributed by atoms with Crippen LogP contribution in [0.1, 0.15) is 58.3 Å². The first kappa shape index (κ1) is 24.0. The van der Waals surface area contributed by atoms with E-state index in [1.807, 2.05) is 19.1 Å². The van der Waals surface area contributed by atoms with Gasteiger partial charge in [-0.3, -0.25) is 9.59 Å². The number of fused-ring (bicyclic) bond motifs is 3. The summed E-state index contributed by atoms with van der Waals surface area (Å²) in [6.45, 7) is 11.2. The van der Waals surface area contributed by atoms with E-state index in [-0.39, 0.29) is 23.0 Å². The summed E-state index contributed by atoms with van der Waals surface area (Å²) in [7, 11) is 0. The molecule has 2 saturated carbocycles. The van der Waals surface area contributed by atoms with Gasteiger partial charge in [-0.05, 0) is 66.7 Å². The van der Waals surface area contributed by atoms with Gasteiger partial charge in [0.15, 0.2) is 23.6 Å². The molecule has 0 aromatic heterocycles. The van der Waals surface area contributed by atoms with Crippen LogP contribution < -0.4 is 0 Å². The summed E-state index contributed by atoms with van der Waals surface area (Å²) in [5.74, 6) is -1.39. The summed E-state index contributed by atoms with van der Waals surface area (Å²) in [5, 5.41) is 12.7. The fraction of sp³-hybridized carbons (Fsp3) is 0.552. The molecule has 8 atom stereocenters. The minimum absolute atomic E-state index is 0.0122. The Bertz CT molecular complexity index is 1160. The van der Waals surface area contributed by atoms with E-state index in [4.69, 9.17) is 9.47 Å². The first-order valence-electron chi connectivity index (χ1n) is 12.4. The number of ether oxygens (including phenoxy) is 2. The smallest absolute Gasteiger partial charge is 0.338 e. The molecule has 0 saturated heterocycles. The summed E-state index contributed by atoms with van der Waals surface area (Å²) in [5.41, 5.74) is -1.74. The molecule has 186 valence electrons. The summed E-state index contributed by atoms with van der Waals surface area (Å²) in [6, 6.07) is 8.58. The zero-order chi connectivity index (χ0) is 25.5. The number of allylic oxidation sites excluding steroid dienone is 1. The van der Waals surface area contributed by atoms with Crippen molar-refractivity contribution in [3.05, 3.63) is 59.2 Å². The zero-order valence-corrected chi connectivity index (χ0v) is 21.2. The Morgan fingerprint density at radius 2 is 1.66 bits per heavy atom. The molecule has 0 amide bonds. The second-order valence-electron chi connectivity index (χ2n) is 11.6. The van der Waals surface area contributed by atoms with Crippen LogP contribution in [0.2, 0.25) is 0 Å². The van der Waals surface area contributed by atoms with Gasteiger partial charge in [-0.2, -0.15) is 0 Å². The molecule has 0 heterocycles. The number of hydrogen-bond acceptors (Lipinski definition) is 6. The largest absolute Gasteiger partial charge is 0.455 e. The van der Waals surface area contributed by atoms with Gasteiger partial charge in [-0.1, -0.05) is 51.1 Å². The SMILES string of the molecule is CC(=O)O[C@H]1C(C)=C[C@]23C(=O)[C@@H](C=C(C)[C@@H](OC(=O)c4ccccc4)[C@]12O)[C@H]1[C@@H](C[C@H]3C)C1(C)C. The van der Waals surface area contributed by atoms with Gasteiger partial charge in [0.05, 0.1) is 11.0 Å². The molecule has 4 aliphatic rings. The lowest BCUT2D eigenvalue weighted by Gasteiger charge is -2.49. The van der Waals surface area contributed by atoms with E-state index in [0.717, 1.165) is 6.42 Å². The lowest BCUT2D eigenvalue weighted by molar-refractivity contribution is -0.202. The molecule has 5 rings (SSSR count). The number of rotatable bonds is 3. The third-order valence-electron chi connectivity index (χ3n) is 9.33. The minimum Gasteiger partial charge on any atom is -0.455 e. The van der Waals surface area contributed by atoms with E-state index in [2.05, 4.69) is 13.8 Å². The highest BCUT2D eigenvalue weighted by Crippen LogP contribution is 2.71. The number of Topliss-reactive ketones (excluding diaryl/α,β-unsaturated/α-hetero) is 1. The Morgan fingerprint density at radius 3 is 2.29 bits per heavy atom. The predicted octanol–water partition coefficient (Wildman–Crippen LogP) is 4.28. The third-order valence-corrected chi connectivity index (χ3v) is 9.33. The summed E-state index contributed by atoms with van der Waals surface area (Å²) in [6.07, 6.45) is 2.20. The maximum absolute atomic E-state index is 14.5. The molecule has 1 aromatic rings. The van der Waals surface area contributed by atoms with Crippen molar-refractivity contribution in [3.8, 4) is 0 Å². The number of carbonyl (C=O) groups excluding carboxylic acids is 3. The normalized spacial score (nSPS) is 40.8.